The van der Waals surface area contributed by atoms with Crippen LogP contribution in [0.2, 0.25) is 0 Å². The van der Waals surface area contributed by atoms with E-state index in [1.807, 2.05) is 43.3 Å². The smallest absolute Gasteiger partial charge is 0.253 e. The molecule has 2 aromatic carbocycles. The Bertz CT molecular complexity index is 611. The predicted octanol–water partition coefficient (Wildman–Crippen LogP) is 2.81. The van der Waals surface area contributed by atoms with E-state index >= 15 is 0 Å². The molecular weight excluding hydrogens is 262 g/mol. The lowest BCUT2D eigenvalue weighted by Crippen LogP contribution is -2.28. The standard InChI is InChI=1S/C17H21N3O/c1-12-8-9-16(20-18)15(10-12)17(21)19-11-13(2)14-6-4-3-5-7-14/h3-10,13,20H,11,18H2,1-2H3,(H,19,21). The number of nitrogens with one attached hydrogen (secondary N) is 2. The number of nitrogens with two attached hydrogens (primary N) is 1. The van der Waals surface area contributed by atoms with Crippen LogP contribution in [0.25, 0.3) is 0 Å². The first-order chi connectivity index (χ1) is 10.1. The van der Waals surface area contributed by atoms with Crippen LogP contribution in [0, 0.1) is 6.92 Å². The number of hydrogen-bond donors (Lipinski definition) is 3. The summed E-state index contributed by atoms with van der Waals surface area (Å²) >= 11 is 0. The summed E-state index contributed by atoms with van der Waals surface area (Å²) in [6.45, 7) is 4.62. The summed E-state index contributed by atoms with van der Waals surface area (Å²) < 4.78 is 0. The van der Waals surface area contributed by atoms with Gasteiger partial charge < -0.3 is 10.7 Å². The van der Waals surface area contributed by atoms with Gasteiger partial charge in [-0.15, -0.1) is 0 Å². The van der Waals surface area contributed by atoms with Gasteiger partial charge in [-0.2, -0.15) is 0 Å². The minimum atomic E-state index is -0.116. The topological polar surface area (TPSA) is 67.1 Å². The monoisotopic (exact) mass is 283 g/mol. The number of carbonyl (C=O) groups excluding carboxylic acids is 1. The Morgan fingerprint density at radius 3 is 2.57 bits per heavy atom. The van der Waals surface area contributed by atoms with Gasteiger partial charge >= 0.3 is 0 Å². The molecule has 2 rings (SSSR count). The van der Waals surface area contributed by atoms with Gasteiger partial charge in [0.2, 0.25) is 0 Å². The second-order valence-corrected chi connectivity index (χ2v) is 5.22. The molecular formula is C17H21N3O. The highest BCUT2D eigenvalue weighted by molar-refractivity contribution is 5.99. The maximum atomic E-state index is 12.3. The fourth-order valence-electron chi connectivity index (χ4n) is 2.21. The van der Waals surface area contributed by atoms with Gasteiger partial charge in [-0.05, 0) is 30.5 Å². The third-order valence-electron chi connectivity index (χ3n) is 3.51. The molecule has 4 nitrogen and oxygen atoms in total. The molecule has 4 N–H and O–H groups in total. The Kier molecular flexibility index (Phi) is 4.95. The Labute approximate surface area is 125 Å². The lowest BCUT2D eigenvalue weighted by molar-refractivity contribution is 0.0952. The lowest BCUT2D eigenvalue weighted by atomic mass is 10.0. The molecule has 0 aliphatic rings. The molecule has 0 bridgehead atoms. The lowest BCUT2D eigenvalue weighted by Gasteiger charge is -2.15. The van der Waals surface area contributed by atoms with Crippen LogP contribution in [0.15, 0.2) is 48.5 Å². The molecule has 0 saturated heterocycles. The molecule has 0 aliphatic heterocycles. The number of rotatable bonds is 5. The molecule has 1 unspecified atom stereocenters. The van der Waals surface area contributed by atoms with Crippen LogP contribution in [-0.2, 0) is 0 Å². The van der Waals surface area contributed by atoms with Crippen LogP contribution in [0.3, 0.4) is 0 Å². The van der Waals surface area contributed by atoms with Gasteiger partial charge in [0.1, 0.15) is 0 Å². The quantitative estimate of drug-likeness (QED) is 0.584. The van der Waals surface area contributed by atoms with Crippen LogP contribution < -0.4 is 16.6 Å². The number of carbonyl (C=O) groups is 1. The Morgan fingerprint density at radius 1 is 1.19 bits per heavy atom. The van der Waals surface area contributed by atoms with Crippen molar-refractivity contribution in [3.05, 3.63) is 65.2 Å². The van der Waals surface area contributed by atoms with Crippen molar-refractivity contribution in [2.45, 2.75) is 19.8 Å². The Morgan fingerprint density at radius 2 is 1.90 bits per heavy atom. The maximum absolute atomic E-state index is 12.3. The van der Waals surface area contributed by atoms with Gasteiger partial charge in [-0.25, -0.2) is 0 Å². The van der Waals surface area contributed by atoms with Crippen molar-refractivity contribution in [1.82, 2.24) is 5.32 Å². The van der Waals surface area contributed by atoms with Gasteiger partial charge in [0.15, 0.2) is 0 Å². The number of hydrazine groups is 1. The number of hydrogen-bond acceptors (Lipinski definition) is 3. The summed E-state index contributed by atoms with van der Waals surface area (Å²) in [5.74, 6) is 5.60. The number of nitrogen functional groups attached to an aromatic ring is 1. The van der Waals surface area contributed by atoms with Crippen molar-refractivity contribution in [2.75, 3.05) is 12.0 Å². The molecule has 0 heterocycles. The molecule has 2 aromatic rings. The molecule has 0 saturated carbocycles. The summed E-state index contributed by atoms with van der Waals surface area (Å²) in [4.78, 5) is 12.3. The first-order valence-corrected chi connectivity index (χ1v) is 7.02. The number of benzene rings is 2. The van der Waals surface area contributed by atoms with Crippen LogP contribution in [0.1, 0.15) is 34.3 Å². The maximum Gasteiger partial charge on any atom is 0.253 e. The summed E-state index contributed by atoms with van der Waals surface area (Å²) in [5, 5.41) is 2.96. The first kappa shape index (κ1) is 15.1. The second kappa shape index (κ2) is 6.90. The predicted molar refractivity (Wildman–Crippen MR) is 86.2 cm³/mol. The SMILES string of the molecule is Cc1ccc(NN)c(C(=O)NCC(C)c2ccccc2)c1. The van der Waals surface area contributed by atoms with Crippen molar-refractivity contribution in [3.63, 3.8) is 0 Å². The number of aryl methyl sites for hydroxylation is 1. The summed E-state index contributed by atoms with van der Waals surface area (Å²) in [6.07, 6.45) is 0. The van der Waals surface area contributed by atoms with E-state index in [9.17, 15) is 4.79 Å². The molecule has 21 heavy (non-hydrogen) atoms. The number of anilines is 1. The first-order valence-electron chi connectivity index (χ1n) is 7.02. The molecule has 0 aromatic heterocycles. The molecule has 110 valence electrons. The van der Waals surface area contributed by atoms with Gasteiger partial charge in [-0.1, -0.05) is 48.9 Å². The van der Waals surface area contributed by atoms with Crippen LogP contribution >= 0.6 is 0 Å². The van der Waals surface area contributed by atoms with E-state index in [2.05, 4.69) is 29.8 Å². The van der Waals surface area contributed by atoms with E-state index in [1.165, 1.54) is 5.56 Å². The van der Waals surface area contributed by atoms with Crippen molar-refractivity contribution in [3.8, 4) is 0 Å². The van der Waals surface area contributed by atoms with Crippen molar-refractivity contribution in [1.29, 1.82) is 0 Å². The average Bonchev–Trinajstić information content (AvgIpc) is 2.53. The molecule has 0 fully saturated rings. The van der Waals surface area contributed by atoms with Crippen LogP contribution in [0.5, 0.6) is 0 Å². The molecule has 1 amide bonds. The third kappa shape index (κ3) is 3.83. The normalized spacial score (nSPS) is 11.8. The van der Waals surface area contributed by atoms with E-state index in [0.717, 1.165) is 5.56 Å². The van der Waals surface area contributed by atoms with Gasteiger partial charge in [0, 0.05) is 6.54 Å². The van der Waals surface area contributed by atoms with Crippen molar-refractivity contribution in [2.24, 2.45) is 5.84 Å². The second-order valence-electron chi connectivity index (χ2n) is 5.22. The molecule has 0 aliphatic carbocycles. The van der Waals surface area contributed by atoms with E-state index in [4.69, 9.17) is 5.84 Å². The van der Waals surface area contributed by atoms with Gasteiger partial charge in [-0.3, -0.25) is 10.6 Å². The zero-order valence-electron chi connectivity index (χ0n) is 12.4. The minimum Gasteiger partial charge on any atom is -0.351 e. The van der Waals surface area contributed by atoms with E-state index in [-0.39, 0.29) is 11.8 Å². The van der Waals surface area contributed by atoms with E-state index in [1.54, 1.807) is 0 Å². The van der Waals surface area contributed by atoms with Crippen molar-refractivity contribution >= 4 is 11.6 Å². The Hall–Kier alpha value is -2.33. The van der Waals surface area contributed by atoms with Gasteiger partial charge in [0.05, 0.1) is 11.3 Å². The molecule has 0 radical (unpaired) electrons. The Balaban J connectivity index is 2.04. The summed E-state index contributed by atoms with van der Waals surface area (Å²) in [6, 6.07) is 15.7. The zero-order valence-corrected chi connectivity index (χ0v) is 12.4. The molecule has 4 heteroatoms. The van der Waals surface area contributed by atoms with E-state index < -0.39 is 0 Å². The van der Waals surface area contributed by atoms with Crippen LogP contribution in [-0.4, -0.2) is 12.5 Å². The highest BCUT2D eigenvalue weighted by Gasteiger charge is 2.13. The van der Waals surface area contributed by atoms with Crippen molar-refractivity contribution < 1.29 is 4.79 Å². The largest absolute Gasteiger partial charge is 0.351 e. The molecule has 0 spiro atoms. The third-order valence-corrected chi connectivity index (χ3v) is 3.51. The summed E-state index contributed by atoms with van der Waals surface area (Å²) in [7, 11) is 0. The fraction of sp³-hybridized carbons (Fsp3) is 0.235. The minimum absolute atomic E-state index is 0.116. The van der Waals surface area contributed by atoms with E-state index in [0.29, 0.717) is 17.8 Å². The van der Waals surface area contributed by atoms with Gasteiger partial charge in [0.25, 0.3) is 5.91 Å². The molecule has 1 atom stereocenters. The average molecular weight is 283 g/mol. The fourth-order valence-corrected chi connectivity index (χ4v) is 2.21. The highest BCUT2D eigenvalue weighted by atomic mass is 16.1. The number of amides is 1. The summed E-state index contributed by atoms with van der Waals surface area (Å²) in [5.41, 5.74) is 5.99. The zero-order chi connectivity index (χ0) is 15.2. The van der Waals surface area contributed by atoms with Crippen LogP contribution in [0.4, 0.5) is 5.69 Å². The highest BCUT2D eigenvalue weighted by Crippen LogP contribution is 2.17.